The largest absolute Gasteiger partial charge is 0.204 e. The number of benzene rings is 1. The van der Waals surface area contributed by atoms with E-state index in [4.69, 9.17) is 11.6 Å². The Hall–Kier alpha value is -0.930. The molecule has 1 heterocycles. The maximum absolute atomic E-state index is 13.1. The van der Waals surface area contributed by atoms with Crippen molar-refractivity contribution in [3.63, 3.8) is 0 Å². The molecular formula is C13H11ClF2S. The summed E-state index contributed by atoms with van der Waals surface area (Å²) in [6, 6.07) is 7.71. The Morgan fingerprint density at radius 1 is 1.18 bits per heavy atom. The second kappa shape index (κ2) is 5.15. The van der Waals surface area contributed by atoms with Crippen LogP contribution in [0.5, 0.6) is 0 Å². The van der Waals surface area contributed by atoms with Crippen molar-refractivity contribution in [1.29, 1.82) is 0 Å². The van der Waals surface area contributed by atoms with Crippen LogP contribution in [0, 0.1) is 11.6 Å². The van der Waals surface area contributed by atoms with E-state index in [2.05, 4.69) is 6.92 Å². The minimum atomic E-state index is -0.861. The molecule has 0 N–H and O–H groups in total. The van der Waals surface area contributed by atoms with Crippen molar-refractivity contribution in [2.45, 2.75) is 18.7 Å². The molecule has 17 heavy (non-hydrogen) atoms. The predicted octanol–water partition coefficient (Wildman–Crippen LogP) is 4.92. The van der Waals surface area contributed by atoms with Crippen molar-refractivity contribution < 1.29 is 8.78 Å². The number of hydrogen-bond acceptors (Lipinski definition) is 1. The monoisotopic (exact) mass is 272 g/mol. The number of hydrogen-bond donors (Lipinski definition) is 0. The molecule has 1 aromatic heterocycles. The summed E-state index contributed by atoms with van der Waals surface area (Å²) in [5.74, 6) is -1.71. The van der Waals surface area contributed by atoms with Crippen molar-refractivity contribution in [3.8, 4) is 0 Å². The van der Waals surface area contributed by atoms with E-state index >= 15 is 0 Å². The third-order valence-electron chi connectivity index (χ3n) is 2.52. The van der Waals surface area contributed by atoms with Gasteiger partial charge in [0.15, 0.2) is 11.6 Å². The average molecular weight is 273 g/mol. The Kier molecular flexibility index (Phi) is 3.79. The van der Waals surface area contributed by atoms with Crippen molar-refractivity contribution in [3.05, 3.63) is 57.3 Å². The summed E-state index contributed by atoms with van der Waals surface area (Å²) in [4.78, 5) is 2.18. The van der Waals surface area contributed by atoms with Gasteiger partial charge in [-0.3, -0.25) is 0 Å². The van der Waals surface area contributed by atoms with E-state index in [1.54, 1.807) is 11.3 Å². The first-order chi connectivity index (χ1) is 8.11. The van der Waals surface area contributed by atoms with Crippen LogP contribution in [-0.4, -0.2) is 0 Å². The SMILES string of the molecule is CCc1ccc(C(Cl)c2ccc(F)c(F)c2)s1. The Labute approximate surface area is 108 Å². The lowest BCUT2D eigenvalue weighted by atomic mass is 10.1. The molecule has 1 unspecified atom stereocenters. The molecule has 0 saturated heterocycles. The smallest absolute Gasteiger partial charge is 0.159 e. The van der Waals surface area contributed by atoms with Gasteiger partial charge in [-0.15, -0.1) is 22.9 Å². The van der Waals surface area contributed by atoms with Gasteiger partial charge < -0.3 is 0 Å². The van der Waals surface area contributed by atoms with Crippen LogP contribution in [0.25, 0.3) is 0 Å². The van der Waals surface area contributed by atoms with Crippen molar-refractivity contribution >= 4 is 22.9 Å². The van der Waals surface area contributed by atoms with Gasteiger partial charge in [0, 0.05) is 9.75 Å². The van der Waals surface area contributed by atoms with Crippen LogP contribution in [0.4, 0.5) is 8.78 Å². The molecule has 0 amide bonds. The fourth-order valence-corrected chi connectivity index (χ4v) is 2.86. The number of thiophene rings is 1. The molecule has 0 aliphatic heterocycles. The number of halogens is 3. The third kappa shape index (κ3) is 2.67. The zero-order chi connectivity index (χ0) is 12.4. The van der Waals surface area contributed by atoms with Gasteiger partial charge in [-0.25, -0.2) is 8.78 Å². The Morgan fingerprint density at radius 3 is 2.53 bits per heavy atom. The standard InChI is InChI=1S/C13H11ClF2S/c1-2-9-4-6-12(17-9)13(14)8-3-5-10(15)11(16)7-8/h3-7,13H,2H2,1H3. The lowest BCUT2D eigenvalue weighted by Gasteiger charge is -2.07. The van der Waals surface area contributed by atoms with Gasteiger partial charge in [0.05, 0.1) is 5.38 Å². The molecule has 0 nitrogen and oxygen atoms in total. The van der Waals surface area contributed by atoms with Crippen LogP contribution in [0.1, 0.15) is 27.6 Å². The highest BCUT2D eigenvalue weighted by Crippen LogP contribution is 2.34. The topological polar surface area (TPSA) is 0 Å². The summed E-state index contributed by atoms with van der Waals surface area (Å²) >= 11 is 7.85. The molecule has 2 aromatic rings. The van der Waals surface area contributed by atoms with Gasteiger partial charge in [-0.1, -0.05) is 13.0 Å². The van der Waals surface area contributed by atoms with Crippen molar-refractivity contribution in [1.82, 2.24) is 0 Å². The summed E-state index contributed by atoms with van der Waals surface area (Å²) < 4.78 is 25.9. The minimum Gasteiger partial charge on any atom is -0.204 e. The first-order valence-electron chi connectivity index (χ1n) is 5.29. The molecule has 0 bridgehead atoms. The lowest BCUT2D eigenvalue weighted by molar-refractivity contribution is 0.507. The van der Waals surface area contributed by atoms with Crippen LogP contribution in [0.3, 0.4) is 0 Å². The average Bonchev–Trinajstić information content (AvgIpc) is 2.80. The highest BCUT2D eigenvalue weighted by molar-refractivity contribution is 7.12. The van der Waals surface area contributed by atoms with Gasteiger partial charge >= 0.3 is 0 Å². The van der Waals surface area contributed by atoms with Crippen molar-refractivity contribution in [2.75, 3.05) is 0 Å². The van der Waals surface area contributed by atoms with Crippen molar-refractivity contribution in [2.24, 2.45) is 0 Å². The molecule has 0 aliphatic carbocycles. The molecule has 1 atom stereocenters. The van der Waals surface area contributed by atoms with Gasteiger partial charge in [-0.2, -0.15) is 0 Å². The van der Waals surface area contributed by atoms with E-state index in [0.29, 0.717) is 5.56 Å². The molecule has 2 rings (SSSR count). The Balaban J connectivity index is 2.29. The summed E-state index contributed by atoms with van der Waals surface area (Å²) in [6.45, 7) is 2.07. The highest BCUT2D eigenvalue weighted by Gasteiger charge is 2.15. The molecule has 0 radical (unpaired) electrons. The fourth-order valence-electron chi connectivity index (χ4n) is 1.56. The third-order valence-corrected chi connectivity index (χ3v) is 4.43. The zero-order valence-electron chi connectivity index (χ0n) is 9.21. The zero-order valence-corrected chi connectivity index (χ0v) is 10.8. The molecular weight excluding hydrogens is 262 g/mol. The molecule has 90 valence electrons. The number of alkyl halides is 1. The maximum Gasteiger partial charge on any atom is 0.159 e. The quantitative estimate of drug-likeness (QED) is 0.696. The fraction of sp³-hybridized carbons (Fsp3) is 0.231. The molecule has 0 fully saturated rings. The van der Waals surface area contributed by atoms with E-state index in [-0.39, 0.29) is 0 Å². The minimum absolute atomic E-state index is 0.421. The maximum atomic E-state index is 13.1. The summed E-state index contributed by atoms with van der Waals surface area (Å²) in [5.41, 5.74) is 0.579. The van der Waals surface area contributed by atoms with Crippen LogP contribution in [0.15, 0.2) is 30.3 Å². The summed E-state index contributed by atoms with van der Waals surface area (Å²) in [7, 11) is 0. The predicted molar refractivity (Wildman–Crippen MR) is 67.8 cm³/mol. The van der Waals surface area contributed by atoms with Crippen LogP contribution in [-0.2, 0) is 6.42 Å². The second-order valence-electron chi connectivity index (χ2n) is 3.69. The van der Waals surface area contributed by atoms with Gasteiger partial charge in [0.1, 0.15) is 0 Å². The summed E-state index contributed by atoms with van der Waals surface area (Å²) in [6.07, 6.45) is 0.950. The molecule has 1 aromatic carbocycles. The first kappa shape index (κ1) is 12.5. The lowest BCUT2D eigenvalue weighted by Crippen LogP contribution is -1.93. The van der Waals surface area contributed by atoms with Gasteiger partial charge in [0.2, 0.25) is 0 Å². The molecule has 0 saturated carbocycles. The van der Waals surface area contributed by atoms with E-state index in [0.717, 1.165) is 23.4 Å². The normalized spacial score (nSPS) is 12.7. The van der Waals surface area contributed by atoms with Crippen LogP contribution >= 0.6 is 22.9 Å². The number of rotatable bonds is 3. The van der Waals surface area contributed by atoms with E-state index in [1.807, 2.05) is 12.1 Å². The van der Waals surface area contributed by atoms with E-state index in [1.165, 1.54) is 10.9 Å². The molecule has 0 spiro atoms. The Bertz CT molecular complexity index is 522. The van der Waals surface area contributed by atoms with Gasteiger partial charge in [0.25, 0.3) is 0 Å². The van der Waals surface area contributed by atoms with Crippen LogP contribution in [0.2, 0.25) is 0 Å². The van der Waals surface area contributed by atoms with E-state index < -0.39 is 17.0 Å². The summed E-state index contributed by atoms with van der Waals surface area (Å²) in [5, 5.41) is -0.421. The Morgan fingerprint density at radius 2 is 1.94 bits per heavy atom. The second-order valence-corrected chi connectivity index (χ2v) is 5.33. The highest BCUT2D eigenvalue weighted by atomic mass is 35.5. The van der Waals surface area contributed by atoms with E-state index in [9.17, 15) is 8.78 Å². The molecule has 0 aliphatic rings. The first-order valence-corrected chi connectivity index (χ1v) is 6.54. The molecule has 4 heteroatoms. The number of aryl methyl sites for hydroxylation is 1. The van der Waals surface area contributed by atoms with Crippen LogP contribution < -0.4 is 0 Å². The van der Waals surface area contributed by atoms with Gasteiger partial charge in [-0.05, 0) is 36.2 Å².